The van der Waals surface area contributed by atoms with Gasteiger partial charge in [-0.05, 0) is 36.1 Å². The van der Waals surface area contributed by atoms with Gasteiger partial charge in [0.05, 0.1) is 20.3 Å². The van der Waals surface area contributed by atoms with Gasteiger partial charge in [-0.15, -0.1) is 0 Å². The van der Waals surface area contributed by atoms with E-state index in [0.29, 0.717) is 0 Å². The van der Waals surface area contributed by atoms with Crippen molar-refractivity contribution in [3.8, 4) is 11.5 Å². The Morgan fingerprint density at radius 1 is 1.19 bits per heavy atom. The van der Waals surface area contributed by atoms with E-state index in [4.69, 9.17) is 9.47 Å². The molecule has 0 spiro atoms. The Morgan fingerprint density at radius 3 is 2.50 bits per heavy atom. The molecule has 0 heterocycles. The predicted octanol–water partition coefficient (Wildman–Crippen LogP) is 2.24. The zero-order valence-electron chi connectivity index (χ0n) is 9.56. The van der Waals surface area contributed by atoms with Crippen LogP contribution < -0.4 is 9.47 Å². The zero-order chi connectivity index (χ0) is 11.5. The van der Waals surface area contributed by atoms with Gasteiger partial charge in [-0.25, -0.2) is 0 Å². The Bertz CT molecular complexity index is 410. The van der Waals surface area contributed by atoms with Crippen LogP contribution in [0, 0.1) is 0 Å². The van der Waals surface area contributed by atoms with Gasteiger partial charge in [0, 0.05) is 0 Å². The first kappa shape index (κ1) is 11.0. The van der Waals surface area contributed by atoms with E-state index >= 15 is 0 Å². The molecule has 3 nitrogen and oxygen atoms in total. The van der Waals surface area contributed by atoms with Crippen LogP contribution in [-0.4, -0.2) is 25.4 Å². The molecule has 0 fully saturated rings. The summed E-state index contributed by atoms with van der Waals surface area (Å²) in [7, 11) is 3.25. The van der Waals surface area contributed by atoms with Gasteiger partial charge in [0.1, 0.15) is 0 Å². The van der Waals surface area contributed by atoms with Crippen LogP contribution in [0.15, 0.2) is 24.3 Å². The maximum absolute atomic E-state index is 9.46. The molecule has 0 aliphatic heterocycles. The van der Waals surface area contributed by atoms with Crippen LogP contribution in [0.3, 0.4) is 0 Å². The van der Waals surface area contributed by atoms with Gasteiger partial charge in [0.25, 0.3) is 0 Å². The molecule has 0 aromatic heterocycles. The number of aliphatic hydroxyl groups excluding tert-OH is 1. The summed E-state index contributed by atoms with van der Waals surface area (Å²) in [4.78, 5) is 0. The van der Waals surface area contributed by atoms with Gasteiger partial charge in [0.2, 0.25) is 0 Å². The summed E-state index contributed by atoms with van der Waals surface area (Å²) < 4.78 is 10.4. The Hall–Kier alpha value is -1.48. The summed E-state index contributed by atoms with van der Waals surface area (Å²) in [6.07, 6.45) is 3.32. The van der Waals surface area contributed by atoms with Crippen LogP contribution in [0.5, 0.6) is 11.5 Å². The summed E-state index contributed by atoms with van der Waals surface area (Å²) >= 11 is 0. The van der Waals surface area contributed by atoms with E-state index in [1.54, 1.807) is 14.2 Å². The highest BCUT2D eigenvalue weighted by atomic mass is 16.5. The molecule has 1 atom stereocenters. The molecule has 1 aliphatic carbocycles. The lowest BCUT2D eigenvalue weighted by atomic mass is 10.1. The van der Waals surface area contributed by atoms with Gasteiger partial charge in [-0.2, -0.15) is 0 Å². The van der Waals surface area contributed by atoms with Crippen LogP contribution in [0.2, 0.25) is 0 Å². The van der Waals surface area contributed by atoms with Crippen molar-refractivity contribution in [3.05, 3.63) is 29.8 Å². The number of ether oxygens (including phenoxy) is 2. The highest BCUT2D eigenvalue weighted by Crippen LogP contribution is 2.34. The first-order valence-electron chi connectivity index (χ1n) is 5.35. The van der Waals surface area contributed by atoms with Gasteiger partial charge < -0.3 is 14.6 Å². The minimum absolute atomic E-state index is 0.303. The van der Waals surface area contributed by atoms with Crippen molar-refractivity contribution in [2.45, 2.75) is 18.9 Å². The van der Waals surface area contributed by atoms with Crippen LogP contribution >= 0.6 is 0 Å². The van der Waals surface area contributed by atoms with E-state index in [0.717, 1.165) is 29.9 Å². The fourth-order valence-corrected chi connectivity index (χ4v) is 1.98. The summed E-state index contributed by atoms with van der Waals surface area (Å²) in [5.41, 5.74) is 2.27. The van der Waals surface area contributed by atoms with Crippen molar-refractivity contribution in [1.82, 2.24) is 0 Å². The van der Waals surface area contributed by atoms with Crippen molar-refractivity contribution in [2.24, 2.45) is 0 Å². The van der Waals surface area contributed by atoms with Crippen molar-refractivity contribution < 1.29 is 14.6 Å². The van der Waals surface area contributed by atoms with Gasteiger partial charge in [0.15, 0.2) is 11.5 Å². The Balaban J connectivity index is 2.33. The Kier molecular flexibility index (Phi) is 3.15. The summed E-state index contributed by atoms with van der Waals surface area (Å²) in [5, 5.41) is 9.46. The fourth-order valence-electron chi connectivity index (χ4n) is 1.98. The van der Waals surface area contributed by atoms with Crippen molar-refractivity contribution >= 4 is 5.57 Å². The molecular weight excluding hydrogens is 204 g/mol. The average molecular weight is 220 g/mol. The van der Waals surface area contributed by atoms with Crippen LogP contribution in [0.1, 0.15) is 18.4 Å². The van der Waals surface area contributed by atoms with E-state index in [-0.39, 0.29) is 6.10 Å². The lowest BCUT2D eigenvalue weighted by molar-refractivity contribution is 0.223. The topological polar surface area (TPSA) is 38.7 Å². The second-order valence-electron chi connectivity index (χ2n) is 3.87. The quantitative estimate of drug-likeness (QED) is 0.849. The van der Waals surface area contributed by atoms with Crippen molar-refractivity contribution in [1.29, 1.82) is 0 Å². The number of hydrogen-bond acceptors (Lipinski definition) is 3. The number of methoxy groups -OCH3 is 2. The van der Waals surface area contributed by atoms with Crippen molar-refractivity contribution in [2.75, 3.05) is 14.2 Å². The average Bonchev–Trinajstić information content (AvgIpc) is 2.75. The monoisotopic (exact) mass is 220 g/mol. The lowest BCUT2D eigenvalue weighted by Gasteiger charge is -2.09. The molecule has 0 bridgehead atoms. The van der Waals surface area contributed by atoms with Gasteiger partial charge in [-0.1, -0.05) is 12.1 Å². The number of rotatable bonds is 3. The molecule has 3 heteroatoms. The van der Waals surface area contributed by atoms with Crippen LogP contribution in [-0.2, 0) is 0 Å². The van der Waals surface area contributed by atoms with Gasteiger partial charge >= 0.3 is 0 Å². The smallest absolute Gasteiger partial charge is 0.161 e. The molecule has 0 amide bonds. The third-order valence-corrected chi connectivity index (χ3v) is 2.86. The standard InChI is InChI=1S/C13H16O3/c1-15-12-6-4-10(8-13(12)16-2)9-3-5-11(14)7-9/h4,6-8,11,14H,3,5H2,1-2H3. The molecule has 1 aromatic rings. The number of benzene rings is 1. The molecule has 0 saturated heterocycles. The van der Waals surface area contributed by atoms with Crippen LogP contribution in [0.4, 0.5) is 0 Å². The molecular formula is C13H16O3. The second kappa shape index (κ2) is 4.58. The number of aliphatic hydroxyl groups is 1. The highest BCUT2D eigenvalue weighted by Gasteiger charge is 2.15. The molecule has 1 unspecified atom stereocenters. The van der Waals surface area contributed by atoms with Crippen LogP contribution in [0.25, 0.3) is 5.57 Å². The van der Waals surface area contributed by atoms with E-state index in [9.17, 15) is 5.11 Å². The minimum Gasteiger partial charge on any atom is -0.493 e. The Morgan fingerprint density at radius 2 is 1.94 bits per heavy atom. The summed E-state index contributed by atoms with van der Waals surface area (Å²) in [6, 6.07) is 5.83. The summed E-state index contributed by atoms with van der Waals surface area (Å²) in [6.45, 7) is 0. The van der Waals surface area contributed by atoms with E-state index in [1.165, 1.54) is 5.57 Å². The van der Waals surface area contributed by atoms with Gasteiger partial charge in [-0.3, -0.25) is 0 Å². The lowest BCUT2D eigenvalue weighted by Crippen LogP contribution is -1.93. The Labute approximate surface area is 95.3 Å². The maximum Gasteiger partial charge on any atom is 0.161 e. The SMILES string of the molecule is COc1ccc(C2=CC(O)CC2)cc1OC. The molecule has 0 radical (unpaired) electrons. The maximum atomic E-state index is 9.46. The molecule has 1 aromatic carbocycles. The van der Waals surface area contributed by atoms with Crippen molar-refractivity contribution in [3.63, 3.8) is 0 Å². The number of hydrogen-bond donors (Lipinski definition) is 1. The second-order valence-corrected chi connectivity index (χ2v) is 3.87. The van der Waals surface area contributed by atoms with E-state index in [2.05, 4.69) is 0 Å². The molecule has 16 heavy (non-hydrogen) atoms. The fraction of sp³-hybridized carbons (Fsp3) is 0.385. The largest absolute Gasteiger partial charge is 0.493 e. The minimum atomic E-state index is -0.303. The first-order chi connectivity index (χ1) is 7.74. The molecule has 1 aliphatic rings. The third-order valence-electron chi connectivity index (χ3n) is 2.86. The third kappa shape index (κ3) is 2.04. The van der Waals surface area contributed by atoms with E-state index in [1.807, 2.05) is 24.3 Å². The normalized spacial score (nSPS) is 19.4. The molecule has 1 N–H and O–H groups in total. The molecule has 86 valence electrons. The molecule has 2 rings (SSSR count). The first-order valence-corrected chi connectivity index (χ1v) is 5.35. The highest BCUT2D eigenvalue weighted by molar-refractivity contribution is 5.70. The number of allylic oxidation sites excluding steroid dienone is 1. The summed E-state index contributed by atoms with van der Waals surface area (Å²) in [5.74, 6) is 1.45. The molecule has 0 saturated carbocycles. The predicted molar refractivity (Wildman–Crippen MR) is 62.8 cm³/mol. The van der Waals surface area contributed by atoms with E-state index < -0.39 is 0 Å². The zero-order valence-corrected chi connectivity index (χ0v) is 9.56.